The molecule has 1 aromatic rings. The summed E-state index contributed by atoms with van der Waals surface area (Å²) in [6, 6.07) is 0. The Bertz CT molecular complexity index is 462. The second-order valence-corrected chi connectivity index (χ2v) is 6.93. The maximum absolute atomic E-state index is 10.8. The highest BCUT2D eigenvalue weighted by Gasteiger charge is 2.34. The predicted molar refractivity (Wildman–Crippen MR) is 82.1 cm³/mol. The van der Waals surface area contributed by atoms with Gasteiger partial charge in [0.1, 0.15) is 5.15 Å². The molecule has 20 heavy (non-hydrogen) atoms. The summed E-state index contributed by atoms with van der Waals surface area (Å²) in [6.07, 6.45) is 2.23. The molecule has 0 bridgehead atoms. The molecule has 0 saturated carbocycles. The molecule has 0 aromatic carbocycles. The van der Waals surface area contributed by atoms with Crippen LogP contribution in [0.1, 0.15) is 37.9 Å². The first-order valence-electron chi connectivity index (χ1n) is 7.43. The van der Waals surface area contributed by atoms with E-state index in [1.54, 1.807) is 4.68 Å². The molecule has 1 N–H and O–H groups in total. The Balaban J connectivity index is 2.00. The third-order valence-corrected chi connectivity index (χ3v) is 4.66. The maximum Gasteiger partial charge on any atom is 0.130 e. The lowest BCUT2D eigenvalue weighted by molar-refractivity contribution is -0.0228. The lowest BCUT2D eigenvalue weighted by atomic mass is 9.85. The number of hydrogen-bond donors (Lipinski definition) is 1. The van der Waals surface area contributed by atoms with E-state index in [0.717, 1.165) is 43.7 Å². The van der Waals surface area contributed by atoms with Gasteiger partial charge in [-0.3, -0.25) is 4.68 Å². The van der Waals surface area contributed by atoms with Gasteiger partial charge in [-0.05, 0) is 25.7 Å². The van der Waals surface area contributed by atoms with Crippen LogP contribution >= 0.6 is 11.6 Å². The van der Waals surface area contributed by atoms with E-state index in [2.05, 4.69) is 23.8 Å². The van der Waals surface area contributed by atoms with Crippen LogP contribution < -0.4 is 0 Å². The summed E-state index contributed by atoms with van der Waals surface area (Å²) < 4.78 is 1.68. The fourth-order valence-corrected chi connectivity index (χ4v) is 3.29. The molecule has 1 aliphatic rings. The van der Waals surface area contributed by atoms with E-state index in [4.69, 9.17) is 11.6 Å². The molecule has 5 heteroatoms. The highest BCUT2D eigenvalue weighted by Crippen LogP contribution is 2.30. The van der Waals surface area contributed by atoms with Gasteiger partial charge in [0.2, 0.25) is 0 Å². The summed E-state index contributed by atoms with van der Waals surface area (Å²) in [4.78, 5) is 2.44. The summed E-state index contributed by atoms with van der Waals surface area (Å²) in [5, 5.41) is 15.8. The number of aryl methyl sites for hydroxylation is 2. The minimum Gasteiger partial charge on any atom is -0.389 e. The molecule has 0 aliphatic carbocycles. The fraction of sp³-hybridized carbons (Fsp3) is 0.800. The maximum atomic E-state index is 10.8. The van der Waals surface area contributed by atoms with Gasteiger partial charge in [0.15, 0.2) is 0 Å². The molecular formula is C15H26ClN3O. The molecule has 0 radical (unpaired) electrons. The second-order valence-electron chi connectivity index (χ2n) is 6.57. The van der Waals surface area contributed by atoms with Crippen LogP contribution in [0.3, 0.4) is 0 Å². The smallest absolute Gasteiger partial charge is 0.130 e. The Morgan fingerprint density at radius 3 is 2.40 bits per heavy atom. The second kappa shape index (κ2) is 6.04. The van der Waals surface area contributed by atoms with Gasteiger partial charge in [0.25, 0.3) is 0 Å². The van der Waals surface area contributed by atoms with E-state index >= 15 is 0 Å². The van der Waals surface area contributed by atoms with Crippen molar-refractivity contribution in [1.29, 1.82) is 0 Å². The summed E-state index contributed by atoms with van der Waals surface area (Å²) >= 11 is 6.27. The van der Waals surface area contributed by atoms with Crippen LogP contribution in [0.25, 0.3) is 0 Å². The van der Waals surface area contributed by atoms with Crippen LogP contribution in [-0.2, 0) is 13.5 Å². The minimum absolute atomic E-state index is 0.612. The number of hydrogen-bond acceptors (Lipinski definition) is 3. The number of halogens is 1. The van der Waals surface area contributed by atoms with Gasteiger partial charge in [-0.15, -0.1) is 0 Å². The van der Waals surface area contributed by atoms with Crippen molar-refractivity contribution in [3.8, 4) is 0 Å². The number of aliphatic hydroxyl groups is 1. The lowest BCUT2D eigenvalue weighted by Gasteiger charge is -2.39. The number of piperidine rings is 1. The van der Waals surface area contributed by atoms with Crippen molar-refractivity contribution in [2.45, 2.75) is 45.6 Å². The average molecular weight is 300 g/mol. The predicted octanol–water partition coefficient (Wildman–Crippen LogP) is 2.41. The number of likely N-dealkylation sites (tertiary alicyclic amines) is 1. The summed E-state index contributed by atoms with van der Waals surface area (Å²) in [7, 11) is 1.84. The first-order valence-corrected chi connectivity index (χ1v) is 7.81. The molecule has 2 heterocycles. The van der Waals surface area contributed by atoms with E-state index in [-0.39, 0.29) is 0 Å². The Morgan fingerprint density at radius 1 is 1.35 bits per heavy atom. The van der Waals surface area contributed by atoms with Gasteiger partial charge in [-0.2, -0.15) is 5.10 Å². The van der Waals surface area contributed by atoms with E-state index in [1.807, 2.05) is 14.0 Å². The Kier molecular flexibility index (Phi) is 4.77. The molecule has 1 saturated heterocycles. The van der Waals surface area contributed by atoms with Crippen LogP contribution in [0.15, 0.2) is 0 Å². The molecular weight excluding hydrogens is 274 g/mol. The summed E-state index contributed by atoms with van der Waals surface area (Å²) in [5.41, 5.74) is 1.29. The molecule has 0 spiro atoms. The molecule has 1 fully saturated rings. The van der Waals surface area contributed by atoms with Gasteiger partial charge in [0, 0.05) is 38.7 Å². The van der Waals surface area contributed by atoms with Crippen LogP contribution in [0.4, 0.5) is 0 Å². The minimum atomic E-state index is -0.634. The van der Waals surface area contributed by atoms with Gasteiger partial charge < -0.3 is 10.0 Å². The van der Waals surface area contributed by atoms with E-state index in [1.165, 1.54) is 0 Å². The lowest BCUT2D eigenvalue weighted by Crippen LogP contribution is -2.46. The quantitative estimate of drug-likeness (QED) is 0.928. The largest absolute Gasteiger partial charge is 0.389 e. The monoisotopic (exact) mass is 299 g/mol. The molecule has 0 atom stereocenters. The van der Waals surface area contributed by atoms with Gasteiger partial charge in [-0.1, -0.05) is 25.4 Å². The zero-order valence-electron chi connectivity index (χ0n) is 13.0. The highest BCUT2D eigenvalue weighted by molar-refractivity contribution is 6.30. The van der Waals surface area contributed by atoms with Gasteiger partial charge >= 0.3 is 0 Å². The van der Waals surface area contributed by atoms with Crippen molar-refractivity contribution < 1.29 is 5.11 Å². The normalized spacial score (nSPS) is 19.8. The van der Waals surface area contributed by atoms with Crippen molar-refractivity contribution in [2.24, 2.45) is 13.0 Å². The summed E-state index contributed by atoms with van der Waals surface area (Å²) in [6.45, 7) is 9.47. The molecule has 0 unspecified atom stereocenters. The summed E-state index contributed by atoms with van der Waals surface area (Å²) in [5.74, 6) is 0.677. The third kappa shape index (κ3) is 3.54. The zero-order chi connectivity index (χ0) is 14.9. The van der Waals surface area contributed by atoms with Crippen molar-refractivity contribution in [3.63, 3.8) is 0 Å². The van der Waals surface area contributed by atoms with Crippen LogP contribution in [0, 0.1) is 12.8 Å². The van der Waals surface area contributed by atoms with Gasteiger partial charge in [0.05, 0.1) is 11.3 Å². The molecule has 114 valence electrons. The zero-order valence-corrected chi connectivity index (χ0v) is 13.7. The van der Waals surface area contributed by atoms with Crippen molar-refractivity contribution in [2.75, 3.05) is 19.6 Å². The van der Waals surface area contributed by atoms with Crippen LogP contribution in [-0.4, -0.2) is 45.0 Å². The van der Waals surface area contributed by atoms with E-state index < -0.39 is 5.60 Å². The van der Waals surface area contributed by atoms with Crippen LogP contribution in [0.5, 0.6) is 0 Å². The Hall–Kier alpha value is -0.580. The standard InChI is InChI=1S/C15H26ClN3O/c1-11(2)10-19-7-5-15(20,6-8-19)9-13-12(3)17-18(4)14(13)16/h11,20H,5-10H2,1-4H3. The molecule has 2 rings (SSSR count). The van der Waals surface area contributed by atoms with Crippen LogP contribution in [0.2, 0.25) is 5.15 Å². The number of aromatic nitrogens is 2. The van der Waals surface area contributed by atoms with Gasteiger partial charge in [-0.25, -0.2) is 0 Å². The first-order chi connectivity index (χ1) is 9.31. The Labute approximate surface area is 126 Å². The Morgan fingerprint density at radius 2 is 1.95 bits per heavy atom. The number of nitrogens with zero attached hydrogens (tertiary/aromatic N) is 3. The molecule has 4 nitrogen and oxygen atoms in total. The first kappa shape index (κ1) is 15.8. The van der Waals surface area contributed by atoms with Crippen molar-refractivity contribution in [1.82, 2.24) is 14.7 Å². The average Bonchev–Trinajstić information content (AvgIpc) is 2.59. The SMILES string of the molecule is Cc1nn(C)c(Cl)c1CC1(O)CCN(CC(C)C)CC1. The topological polar surface area (TPSA) is 41.3 Å². The fourth-order valence-electron chi connectivity index (χ4n) is 3.05. The third-order valence-electron chi connectivity index (χ3n) is 4.19. The number of rotatable bonds is 4. The van der Waals surface area contributed by atoms with E-state index in [0.29, 0.717) is 17.5 Å². The van der Waals surface area contributed by atoms with Crippen molar-refractivity contribution >= 4 is 11.6 Å². The highest BCUT2D eigenvalue weighted by atomic mass is 35.5. The molecule has 1 aliphatic heterocycles. The van der Waals surface area contributed by atoms with E-state index in [9.17, 15) is 5.11 Å². The van der Waals surface area contributed by atoms with Crippen molar-refractivity contribution in [3.05, 3.63) is 16.4 Å². The molecule has 1 aromatic heterocycles. The molecule has 0 amide bonds.